The molecule has 1 fully saturated rings. The molecule has 0 spiro atoms. The lowest BCUT2D eigenvalue weighted by Crippen LogP contribution is -2.24. The van der Waals surface area contributed by atoms with Gasteiger partial charge in [0.15, 0.2) is 9.84 Å². The molecule has 0 atom stereocenters. The van der Waals surface area contributed by atoms with Crippen LogP contribution in [-0.4, -0.2) is 26.0 Å². The van der Waals surface area contributed by atoms with Crippen LogP contribution < -0.4 is 4.90 Å². The molecule has 0 aromatic heterocycles. The number of hydrogen-bond acceptors (Lipinski definition) is 3. The van der Waals surface area contributed by atoms with E-state index in [4.69, 9.17) is 11.6 Å². The van der Waals surface area contributed by atoms with E-state index in [1.807, 2.05) is 0 Å². The van der Waals surface area contributed by atoms with Crippen molar-refractivity contribution in [3.8, 4) is 0 Å². The van der Waals surface area contributed by atoms with E-state index in [0.717, 1.165) is 0 Å². The summed E-state index contributed by atoms with van der Waals surface area (Å²) in [5.74, 6) is -1.04. The predicted molar refractivity (Wildman–Crippen MR) is 57.6 cm³/mol. The molecular formula is C9H8ClNO3S. The quantitative estimate of drug-likeness (QED) is 0.743. The van der Waals surface area contributed by atoms with Crippen molar-refractivity contribution >= 4 is 33.0 Å². The van der Waals surface area contributed by atoms with Crippen LogP contribution in [0, 0.1) is 0 Å². The van der Waals surface area contributed by atoms with Crippen LogP contribution in [-0.2, 0) is 14.6 Å². The number of nitrogens with zero attached hydrogens (tertiary/aromatic N) is 1. The molecule has 0 N–H and O–H groups in total. The monoisotopic (exact) mass is 245 g/mol. The van der Waals surface area contributed by atoms with Gasteiger partial charge in [0, 0.05) is 10.7 Å². The number of rotatable bonds is 1. The number of carbonyl (C=O) groups excluding carboxylic acids is 1. The molecule has 1 aromatic carbocycles. The minimum atomic E-state index is -3.26. The second-order valence-electron chi connectivity index (χ2n) is 3.32. The summed E-state index contributed by atoms with van der Waals surface area (Å²) < 4.78 is 22.4. The van der Waals surface area contributed by atoms with Crippen molar-refractivity contribution in [2.45, 2.75) is 0 Å². The minimum Gasteiger partial charge on any atom is -0.297 e. The van der Waals surface area contributed by atoms with Gasteiger partial charge in [-0.05, 0) is 24.3 Å². The molecule has 1 saturated heterocycles. The Balaban J connectivity index is 2.33. The summed E-state index contributed by atoms with van der Waals surface area (Å²) in [5.41, 5.74) is 0.561. The third kappa shape index (κ3) is 2.13. The van der Waals surface area contributed by atoms with Gasteiger partial charge in [-0.3, -0.25) is 9.69 Å². The van der Waals surface area contributed by atoms with Crippen LogP contribution in [0.3, 0.4) is 0 Å². The number of sulfone groups is 1. The van der Waals surface area contributed by atoms with E-state index in [2.05, 4.69) is 0 Å². The standard InChI is InChI=1S/C9H8ClNO3S/c10-7-1-3-8(4-2-7)11-6-15(13,14)5-9(11)12/h1-4H,5-6H2. The SMILES string of the molecule is O=C1CS(=O)(=O)CN1c1ccc(Cl)cc1. The zero-order valence-electron chi connectivity index (χ0n) is 7.68. The van der Waals surface area contributed by atoms with Crippen LogP contribution in [0.2, 0.25) is 5.02 Å². The van der Waals surface area contributed by atoms with E-state index < -0.39 is 21.5 Å². The molecule has 0 saturated carbocycles. The van der Waals surface area contributed by atoms with E-state index in [9.17, 15) is 13.2 Å². The van der Waals surface area contributed by atoms with Gasteiger partial charge in [-0.15, -0.1) is 0 Å². The predicted octanol–water partition coefficient (Wildman–Crippen LogP) is 1.06. The van der Waals surface area contributed by atoms with Crippen molar-refractivity contribution in [1.29, 1.82) is 0 Å². The van der Waals surface area contributed by atoms with Gasteiger partial charge in [0.2, 0.25) is 5.91 Å². The van der Waals surface area contributed by atoms with Crippen LogP contribution >= 0.6 is 11.6 Å². The first-order chi connectivity index (χ1) is 6.98. The second-order valence-corrected chi connectivity index (χ2v) is 5.79. The molecule has 6 heteroatoms. The van der Waals surface area contributed by atoms with Gasteiger partial charge in [0.05, 0.1) is 0 Å². The Kier molecular flexibility index (Phi) is 2.44. The summed E-state index contributed by atoms with van der Waals surface area (Å²) in [7, 11) is -3.26. The first-order valence-electron chi connectivity index (χ1n) is 4.24. The van der Waals surface area contributed by atoms with Crippen LogP contribution in [0.25, 0.3) is 0 Å². The van der Waals surface area contributed by atoms with Crippen LogP contribution in [0.4, 0.5) is 5.69 Å². The Morgan fingerprint density at radius 1 is 1.20 bits per heavy atom. The molecule has 0 radical (unpaired) electrons. The lowest BCUT2D eigenvalue weighted by Gasteiger charge is -2.13. The maximum Gasteiger partial charge on any atom is 0.243 e. The van der Waals surface area contributed by atoms with Crippen LogP contribution in [0.1, 0.15) is 0 Å². The lowest BCUT2D eigenvalue weighted by molar-refractivity contribution is -0.115. The fourth-order valence-corrected chi connectivity index (χ4v) is 2.86. The molecule has 80 valence electrons. The number of anilines is 1. The highest BCUT2D eigenvalue weighted by Gasteiger charge is 2.33. The Morgan fingerprint density at radius 2 is 1.80 bits per heavy atom. The van der Waals surface area contributed by atoms with Gasteiger partial charge in [-0.1, -0.05) is 11.6 Å². The Morgan fingerprint density at radius 3 is 2.27 bits per heavy atom. The van der Waals surface area contributed by atoms with Crippen molar-refractivity contribution in [2.75, 3.05) is 16.5 Å². The topological polar surface area (TPSA) is 54.5 Å². The zero-order valence-corrected chi connectivity index (χ0v) is 9.25. The normalized spacial score (nSPS) is 19.5. The number of carbonyl (C=O) groups is 1. The highest BCUT2D eigenvalue weighted by atomic mass is 35.5. The first-order valence-corrected chi connectivity index (χ1v) is 6.44. The third-order valence-corrected chi connectivity index (χ3v) is 3.70. The van der Waals surface area contributed by atoms with Crippen molar-refractivity contribution in [3.63, 3.8) is 0 Å². The maximum atomic E-state index is 11.4. The molecule has 4 nitrogen and oxygen atoms in total. The summed E-state index contributed by atoms with van der Waals surface area (Å²) in [5, 5.41) is 0.549. The Labute approximate surface area is 92.4 Å². The maximum absolute atomic E-state index is 11.4. The number of amides is 1. The second kappa shape index (κ2) is 3.50. The molecule has 0 bridgehead atoms. The van der Waals surface area contributed by atoms with Gasteiger partial charge in [0.1, 0.15) is 11.6 Å². The zero-order chi connectivity index (χ0) is 11.1. The summed E-state index contributed by atoms with van der Waals surface area (Å²) >= 11 is 5.69. The average Bonchev–Trinajstić information content (AvgIpc) is 2.41. The smallest absolute Gasteiger partial charge is 0.243 e. The van der Waals surface area contributed by atoms with Crippen molar-refractivity contribution in [1.82, 2.24) is 0 Å². The molecule has 1 amide bonds. The minimum absolute atomic E-state index is 0.243. The fourth-order valence-electron chi connectivity index (χ4n) is 1.42. The van der Waals surface area contributed by atoms with Gasteiger partial charge in [0.25, 0.3) is 0 Å². The van der Waals surface area contributed by atoms with E-state index in [1.165, 1.54) is 4.90 Å². The van der Waals surface area contributed by atoms with Crippen molar-refractivity contribution in [3.05, 3.63) is 29.3 Å². The highest BCUT2D eigenvalue weighted by molar-refractivity contribution is 7.92. The average molecular weight is 246 g/mol. The van der Waals surface area contributed by atoms with Gasteiger partial charge < -0.3 is 0 Å². The Bertz CT molecular complexity index is 495. The molecule has 0 aliphatic carbocycles. The van der Waals surface area contributed by atoms with Crippen LogP contribution in [0.15, 0.2) is 24.3 Å². The number of benzene rings is 1. The first kappa shape index (κ1) is 10.4. The van der Waals surface area contributed by atoms with E-state index in [0.29, 0.717) is 10.7 Å². The summed E-state index contributed by atoms with van der Waals surface area (Å²) in [6.07, 6.45) is 0. The molecule has 1 heterocycles. The molecule has 1 aliphatic rings. The van der Waals surface area contributed by atoms with E-state index in [-0.39, 0.29) is 5.88 Å². The molecular weight excluding hydrogens is 238 g/mol. The van der Waals surface area contributed by atoms with E-state index in [1.54, 1.807) is 24.3 Å². The van der Waals surface area contributed by atoms with Crippen LogP contribution in [0.5, 0.6) is 0 Å². The number of halogens is 1. The number of hydrogen-bond donors (Lipinski definition) is 0. The third-order valence-electron chi connectivity index (χ3n) is 2.11. The summed E-state index contributed by atoms with van der Waals surface area (Å²) in [4.78, 5) is 12.6. The van der Waals surface area contributed by atoms with Gasteiger partial charge in [-0.25, -0.2) is 8.42 Å². The molecule has 1 aliphatic heterocycles. The summed E-state index contributed by atoms with van der Waals surface area (Å²) in [6.45, 7) is 0. The molecule has 2 rings (SSSR count). The van der Waals surface area contributed by atoms with Gasteiger partial charge in [-0.2, -0.15) is 0 Å². The van der Waals surface area contributed by atoms with Crippen molar-refractivity contribution in [2.24, 2.45) is 0 Å². The summed E-state index contributed by atoms with van der Waals surface area (Å²) in [6, 6.07) is 6.49. The Hall–Kier alpha value is -1.07. The molecule has 1 aromatic rings. The lowest BCUT2D eigenvalue weighted by atomic mass is 10.3. The molecule has 15 heavy (non-hydrogen) atoms. The highest BCUT2D eigenvalue weighted by Crippen LogP contribution is 2.22. The molecule has 0 unspecified atom stereocenters. The van der Waals surface area contributed by atoms with Crippen molar-refractivity contribution < 1.29 is 13.2 Å². The van der Waals surface area contributed by atoms with Gasteiger partial charge >= 0.3 is 0 Å². The largest absolute Gasteiger partial charge is 0.297 e. The van der Waals surface area contributed by atoms with E-state index >= 15 is 0 Å². The fraction of sp³-hybridized carbons (Fsp3) is 0.222.